The molecule has 0 atom stereocenters. The standard InChI is InChI=1S/C12H16N4O/c1-8(17)7-10-3-5-11(6-4-10)12(14)16-15-9(2)13/h3-6H,7H2,1-2H3,(H2,13,15)(H2,14,16). The maximum absolute atomic E-state index is 10.9. The van der Waals surface area contributed by atoms with Crippen molar-refractivity contribution in [1.29, 1.82) is 0 Å². The maximum Gasteiger partial charge on any atom is 0.153 e. The van der Waals surface area contributed by atoms with E-state index in [0.29, 0.717) is 18.1 Å². The summed E-state index contributed by atoms with van der Waals surface area (Å²) in [5.74, 6) is 0.771. The summed E-state index contributed by atoms with van der Waals surface area (Å²) in [5.41, 5.74) is 12.8. The van der Waals surface area contributed by atoms with Crippen LogP contribution in [0.2, 0.25) is 0 Å². The highest BCUT2D eigenvalue weighted by molar-refractivity contribution is 5.97. The summed E-state index contributed by atoms with van der Waals surface area (Å²) in [7, 11) is 0. The minimum Gasteiger partial charge on any atom is -0.386 e. The summed E-state index contributed by atoms with van der Waals surface area (Å²) in [6.45, 7) is 3.19. The lowest BCUT2D eigenvalue weighted by atomic mass is 10.1. The van der Waals surface area contributed by atoms with E-state index >= 15 is 0 Å². The van der Waals surface area contributed by atoms with Gasteiger partial charge in [0.05, 0.1) is 0 Å². The third-order valence-corrected chi connectivity index (χ3v) is 2.02. The van der Waals surface area contributed by atoms with Crippen molar-refractivity contribution in [3.05, 3.63) is 35.4 Å². The second-order valence-electron chi connectivity index (χ2n) is 3.80. The zero-order valence-corrected chi connectivity index (χ0v) is 9.97. The van der Waals surface area contributed by atoms with Crippen LogP contribution in [-0.2, 0) is 11.2 Å². The molecule has 17 heavy (non-hydrogen) atoms. The van der Waals surface area contributed by atoms with Gasteiger partial charge in [0, 0.05) is 12.0 Å². The van der Waals surface area contributed by atoms with Crippen molar-refractivity contribution >= 4 is 17.5 Å². The van der Waals surface area contributed by atoms with Crippen LogP contribution >= 0.6 is 0 Å². The Morgan fingerprint density at radius 2 is 1.71 bits per heavy atom. The van der Waals surface area contributed by atoms with Gasteiger partial charge in [-0.05, 0) is 19.4 Å². The van der Waals surface area contributed by atoms with E-state index in [1.54, 1.807) is 26.0 Å². The number of nitrogens with two attached hydrogens (primary N) is 2. The number of carbonyl (C=O) groups excluding carboxylic acids is 1. The van der Waals surface area contributed by atoms with Gasteiger partial charge in [-0.25, -0.2) is 0 Å². The minimum absolute atomic E-state index is 0.128. The van der Waals surface area contributed by atoms with Gasteiger partial charge in [0.15, 0.2) is 5.84 Å². The molecule has 0 aliphatic carbocycles. The van der Waals surface area contributed by atoms with Gasteiger partial charge in [-0.1, -0.05) is 24.3 Å². The Balaban J connectivity index is 2.84. The van der Waals surface area contributed by atoms with Crippen molar-refractivity contribution in [1.82, 2.24) is 0 Å². The van der Waals surface area contributed by atoms with E-state index < -0.39 is 0 Å². The SMILES string of the molecule is CC(=O)Cc1ccc(/C(N)=N/N=C(/C)N)cc1. The quantitative estimate of drug-likeness (QED) is 0.457. The smallest absolute Gasteiger partial charge is 0.153 e. The molecular formula is C12H16N4O. The van der Waals surface area contributed by atoms with Gasteiger partial charge in [-0.15, -0.1) is 10.2 Å². The van der Waals surface area contributed by atoms with Gasteiger partial charge in [0.2, 0.25) is 0 Å². The Bertz CT molecular complexity index is 456. The van der Waals surface area contributed by atoms with Crippen molar-refractivity contribution in [2.24, 2.45) is 21.7 Å². The topological polar surface area (TPSA) is 93.8 Å². The van der Waals surface area contributed by atoms with E-state index in [2.05, 4.69) is 10.2 Å². The Hall–Kier alpha value is -2.17. The molecule has 0 heterocycles. The van der Waals surface area contributed by atoms with Crippen LogP contribution in [-0.4, -0.2) is 17.5 Å². The summed E-state index contributed by atoms with van der Waals surface area (Å²) < 4.78 is 0. The van der Waals surface area contributed by atoms with Crippen LogP contribution in [0.25, 0.3) is 0 Å². The molecule has 0 aliphatic heterocycles. The molecule has 0 spiro atoms. The fraction of sp³-hybridized carbons (Fsp3) is 0.250. The molecule has 0 aromatic heterocycles. The highest BCUT2D eigenvalue weighted by atomic mass is 16.1. The highest BCUT2D eigenvalue weighted by Gasteiger charge is 2.00. The normalized spacial score (nSPS) is 12.6. The van der Waals surface area contributed by atoms with E-state index in [1.165, 1.54) is 0 Å². The lowest BCUT2D eigenvalue weighted by Crippen LogP contribution is -2.14. The van der Waals surface area contributed by atoms with E-state index in [4.69, 9.17) is 11.5 Å². The first kappa shape index (κ1) is 12.9. The molecular weight excluding hydrogens is 216 g/mol. The van der Waals surface area contributed by atoms with Crippen LogP contribution < -0.4 is 11.5 Å². The maximum atomic E-state index is 10.9. The van der Waals surface area contributed by atoms with Crippen LogP contribution in [0.3, 0.4) is 0 Å². The Kier molecular flexibility index (Phi) is 4.39. The predicted molar refractivity (Wildman–Crippen MR) is 68.8 cm³/mol. The number of rotatable bonds is 4. The van der Waals surface area contributed by atoms with Crippen LogP contribution in [0.1, 0.15) is 25.0 Å². The third kappa shape index (κ3) is 4.46. The van der Waals surface area contributed by atoms with Crippen LogP contribution in [0, 0.1) is 0 Å². The fourth-order valence-corrected chi connectivity index (χ4v) is 1.27. The summed E-state index contributed by atoms with van der Waals surface area (Å²) in [4.78, 5) is 10.9. The fourth-order valence-electron chi connectivity index (χ4n) is 1.27. The van der Waals surface area contributed by atoms with Gasteiger partial charge < -0.3 is 11.5 Å². The first-order chi connectivity index (χ1) is 7.99. The molecule has 90 valence electrons. The Morgan fingerprint density at radius 3 is 2.18 bits per heavy atom. The number of amidine groups is 2. The van der Waals surface area contributed by atoms with Crippen molar-refractivity contribution in [3.8, 4) is 0 Å². The van der Waals surface area contributed by atoms with Gasteiger partial charge in [-0.2, -0.15) is 0 Å². The monoisotopic (exact) mass is 232 g/mol. The molecule has 1 aromatic carbocycles. The molecule has 1 aromatic rings. The van der Waals surface area contributed by atoms with Gasteiger partial charge in [-0.3, -0.25) is 4.79 Å². The lowest BCUT2D eigenvalue weighted by Gasteiger charge is -2.01. The number of ketones is 1. The number of hydrogen-bond donors (Lipinski definition) is 2. The van der Waals surface area contributed by atoms with Crippen LogP contribution in [0.15, 0.2) is 34.5 Å². The zero-order valence-electron chi connectivity index (χ0n) is 9.97. The molecule has 0 aliphatic rings. The van der Waals surface area contributed by atoms with E-state index in [-0.39, 0.29) is 5.78 Å². The molecule has 0 saturated heterocycles. The van der Waals surface area contributed by atoms with Crippen molar-refractivity contribution in [2.75, 3.05) is 0 Å². The number of Topliss-reactive ketones (excluding diaryl/α,β-unsaturated/α-hetero) is 1. The summed E-state index contributed by atoms with van der Waals surface area (Å²) >= 11 is 0. The summed E-state index contributed by atoms with van der Waals surface area (Å²) in [6, 6.07) is 7.30. The molecule has 4 N–H and O–H groups in total. The van der Waals surface area contributed by atoms with Crippen molar-refractivity contribution < 1.29 is 4.79 Å². The number of hydrogen-bond acceptors (Lipinski definition) is 3. The predicted octanol–water partition coefficient (Wildman–Crippen LogP) is 0.815. The largest absolute Gasteiger partial charge is 0.386 e. The first-order valence-corrected chi connectivity index (χ1v) is 5.21. The Morgan fingerprint density at radius 1 is 1.12 bits per heavy atom. The van der Waals surface area contributed by atoms with Crippen LogP contribution in [0.4, 0.5) is 0 Å². The molecule has 0 radical (unpaired) electrons. The van der Waals surface area contributed by atoms with Gasteiger partial charge in [0.25, 0.3) is 0 Å². The number of carbonyl (C=O) groups is 1. The molecule has 5 heteroatoms. The van der Waals surface area contributed by atoms with Crippen molar-refractivity contribution in [2.45, 2.75) is 20.3 Å². The first-order valence-electron chi connectivity index (χ1n) is 5.21. The number of benzene rings is 1. The average molecular weight is 232 g/mol. The minimum atomic E-state index is 0.128. The second-order valence-corrected chi connectivity index (χ2v) is 3.80. The highest BCUT2D eigenvalue weighted by Crippen LogP contribution is 2.05. The molecule has 0 saturated carbocycles. The van der Waals surface area contributed by atoms with E-state index in [9.17, 15) is 4.79 Å². The van der Waals surface area contributed by atoms with Gasteiger partial charge >= 0.3 is 0 Å². The van der Waals surface area contributed by atoms with E-state index in [1.807, 2.05) is 12.1 Å². The third-order valence-electron chi connectivity index (χ3n) is 2.02. The number of nitrogens with zero attached hydrogens (tertiary/aromatic N) is 2. The molecule has 0 amide bonds. The molecule has 5 nitrogen and oxygen atoms in total. The van der Waals surface area contributed by atoms with Crippen molar-refractivity contribution in [3.63, 3.8) is 0 Å². The van der Waals surface area contributed by atoms with E-state index in [0.717, 1.165) is 11.1 Å². The molecule has 0 fully saturated rings. The Labute approximate surface area is 100 Å². The molecule has 1 rings (SSSR count). The summed E-state index contributed by atoms with van der Waals surface area (Å²) in [5, 5.41) is 7.45. The zero-order chi connectivity index (χ0) is 12.8. The van der Waals surface area contributed by atoms with Crippen LogP contribution in [0.5, 0.6) is 0 Å². The summed E-state index contributed by atoms with van der Waals surface area (Å²) in [6.07, 6.45) is 0.428. The second kappa shape index (κ2) is 5.79. The van der Waals surface area contributed by atoms with Gasteiger partial charge in [0.1, 0.15) is 11.6 Å². The average Bonchev–Trinajstić information content (AvgIpc) is 2.26. The molecule has 0 unspecified atom stereocenters. The lowest BCUT2D eigenvalue weighted by molar-refractivity contribution is -0.116. The molecule has 0 bridgehead atoms.